The van der Waals surface area contributed by atoms with Crippen molar-refractivity contribution in [2.45, 2.75) is 46.3 Å². The van der Waals surface area contributed by atoms with Gasteiger partial charge in [-0.15, -0.1) is 5.10 Å². The summed E-state index contributed by atoms with van der Waals surface area (Å²) in [6, 6.07) is 0.398. The van der Waals surface area contributed by atoms with Gasteiger partial charge in [-0.25, -0.2) is 4.68 Å². The van der Waals surface area contributed by atoms with Crippen LogP contribution in [-0.2, 0) is 6.67 Å². The molecule has 0 aromatic carbocycles. The van der Waals surface area contributed by atoms with Crippen LogP contribution in [0.25, 0.3) is 0 Å². The second kappa shape index (κ2) is 6.12. The van der Waals surface area contributed by atoms with Crippen molar-refractivity contribution in [2.75, 3.05) is 18.4 Å². The lowest BCUT2D eigenvalue weighted by atomic mass is 10.00. The molecule has 0 saturated carbocycles. The first-order chi connectivity index (χ1) is 8.54. The van der Waals surface area contributed by atoms with Crippen LogP contribution in [0, 0.1) is 9.87 Å². The molecule has 0 aliphatic carbocycles. The number of hydrogen-bond donors (Lipinski definition) is 1. The van der Waals surface area contributed by atoms with Crippen LogP contribution in [0.1, 0.15) is 33.6 Å². The Morgan fingerprint density at radius 1 is 1.44 bits per heavy atom. The van der Waals surface area contributed by atoms with Gasteiger partial charge < -0.3 is 5.32 Å². The molecule has 1 saturated heterocycles. The number of anilines is 1. The Morgan fingerprint density at radius 3 is 2.72 bits per heavy atom. The first-order valence-corrected chi connectivity index (χ1v) is 7.84. The molecule has 0 amide bonds. The molecule has 4 nitrogen and oxygen atoms in total. The van der Waals surface area contributed by atoms with Gasteiger partial charge in [-0.1, -0.05) is 18.3 Å². The van der Waals surface area contributed by atoms with Gasteiger partial charge in [0, 0.05) is 19.1 Å². The fourth-order valence-corrected chi connectivity index (χ4v) is 3.23. The molecular formula is C12H22N4S2. The second-order valence-electron chi connectivity index (χ2n) is 5.41. The fourth-order valence-electron chi connectivity index (χ4n) is 2.09. The molecule has 2 heterocycles. The fraction of sp³-hybridized carbons (Fsp3) is 0.833. The highest BCUT2D eigenvalue weighted by Gasteiger charge is 2.16. The van der Waals surface area contributed by atoms with Crippen molar-refractivity contribution in [3.05, 3.63) is 3.95 Å². The SMILES string of the molecule is CC1CCN(Cn2nc(NC(C)C)sc2=S)CC1. The van der Waals surface area contributed by atoms with Gasteiger partial charge >= 0.3 is 0 Å². The molecular weight excluding hydrogens is 264 g/mol. The van der Waals surface area contributed by atoms with Gasteiger partial charge in [-0.2, -0.15) is 0 Å². The Labute approximate surface area is 118 Å². The van der Waals surface area contributed by atoms with E-state index < -0.39 is 0 Å². The highest BCUT2D eigenvalue weighted by molar-refractivity contribution is 7.73. The number of piperidine rings is 1. The second-order valence-corrected chi connectivity index (χ2v) is 7.04. The predicted molar refractivity (Wildman–Crippen MR) is 79.7 cm³/mol. The quantitative estimate of drug-likeness (QED) is 0.862. The summed E-state index contributed by atoms with van der Waals surface area (Å²) >= 11 is 6.93. The van der Waals surface area contributed by atoms with Crippen molar-refractivity contribution in [3.63, 3.8) is 0 Å². The monoisotopic (exact) mass is 286 g/mol. The maximum Gasteiger partial charge on any atom is 0.204 e. The van der Waals surface area contributed by atoms with E-state index in [9.17, 15) is 0 Å². The molecule has 1 aromatic heterocycles. The highest BCUT2D eigenvalue weighted by Crippen LogP contribution is 2.19. The van der Waals surface area contributed by atoms with Crippen LogP contribution >= 0.6 is 23.6 Å². The lowest BCUT2D eigenvalue weighted by Gasteiger charge is -2.29. The van der Waals surface area contributed by atoms with Gasteiger partial charge in [0.1, 0.15) is 0 Å². The van der Waals surface area contributed by atoms with Gasteiger partial charge in [0.15, 0.2) is 3.95 Å². The molecule has 1 aliphatic heterocycles. The molecule has 0 radical (unpaired) electrons. The number of aromatic nitrogens is 2. The van der Waals surface area contributed by atoms with Crippen molar-refractivity contribution >= 4 is 28.7 Å². The van der Waals surface area contributed by atoms with E-state index in [1.807, 2.05) is 4.68 Å². The summed E-state index contributed by atoms with van der Waals surface area (Å²) in [4.78, 5) is 2.44. The summed E-state index contributed by atoms with van der Waals surface area (Å²) in [5.74, 6) is 0.864. The molecule has 1 aliphatic rings. The minimum Gasteiger partial charge on any atom is -0.358 e. The molecule has 1 aromatic rings. The summed E-state index contributed by atoms with van der Waals surface area (Å²) in [5, 5.41) is 8.78. The summed E-state index contributed by atoms with van der Waals surface area (Å²) in [6.45, 7) is 9.71. The first-order valence-electron chi connectivity index (χ1n) is 6.61. The third-order valence-corrected chi connectivity index (χ3v) is 4.47. The molecule has 6 heteroatoms. The maximum absolute atomic E-state index is 5.37. The topological polar surface area (TPSA) is 33.1 Å². The number of hydrogen-bond acceptors (Lipinski definition) is 5. The van der Waals surface area contributed by atoms with Crippen LogP contribution in [-0.4, -0.2) is 33.8 Å². The number of nitrogens with one attached hydrogen (secondary N) is 1. The van der Waals surface area contributed by atoms with E-state index >= 15 is 0 Å². The Hall–Kier alpha value is -0.460. The van der Waals surface area contributed by atoms with Crippen LogP contribution in [0.3, 0.4) is 0 Å². The summed E-state index contributed by atoms with van der Waals surface area (Å²) in [7, 11) is 0. The van der Waals surface area contributed by atoms with Crippen LogP contribution in [0.2, 0.25) is 0 Å². The van der Waals surface area contributed by atoms with E-state index in [1.54, 1.807) is 11.3 Å². The van der Waals surface area contributed by atoms with Crippen LogP contribution < -0.4 is 5.32 Å². The number of nitrogens with zero attached hydrogens (tertiary/aromatic N) is 3. The Morgan fingerprint density at radius 2 is 2.11 bits per heavy atom. The molecule has 0 bridgehead atoms. The summed E-state index contributed by atoms with van der Waals surface area (Å²) < 4.78 is 2.80. The van der Waals surface area contributed by atoms with E-state index in [1.165, 1.54) is 12.8 Å². The van der Waals surface area contributed by atoms with Crippen LogP contribution in [0.15, 0.2) is 0 Å². The van der Waals surface area contributed by atoms with Crippen molar-refractivity contribution < 1.29 is 0 Å². The molecule has 0 unspecified atom stereocenters. The molecule has 2 rings (SSSR count). The lowest BCUT2D eigenvalue weighted by Crippen LogP contribution is -2.34. The predicted octanol–water partition coefficient (Wildman–Crippen LogP) is 3.18. The van der Waals surface area contributed by atoms with Crippen molar-refractivity contribution in [1.82, 2.24) is 14.7 Å². The Kier molecular flexibility index (Phi) is 4.75. The molecule has 1 N–H and O–H groups in total. The van der Waals surface area contributed by atoms with Crippen molar-refractivity contribution in [2.24, 2.45) is 5.92 Å². The Bertz CT molecular complexity index is 430. The summed E-state index contributed by atoms with van der Waals surface area (Å²) in [5.41, 5.74) is 0. The smallest absolute Gasteiger partial charge is 0.204 e. The van der Waals surface area contributed by atoms with E-state index in [-0.39, 0.29) is 0 Å². The van der Waals surface area contributed by atoms with Crippen molar-refractivity contribution in [1.29, 1.82) is 0 Å². The van der Waals surface area contributed by atoms with Gasteiger partial charge in [0.2, 0.25) is 5.13 Å². The van der Waals surface area contributed by atoms with Gasteiger partial charge in [0.25, 0.3) is 0 Å². The van der Waals surface area contributed by atoms with E-state index in [4.69, 9.17) is 12.2 Å². The van der Waals surface area contributed by atoms with Gasteiger partial charge in [-0.05, 0) is 44.8 Å². The minimum atomic E-state index is 0.398. The van der Waals surface area contributed by atoms with Gasteiger partial charge in [-0.3, -0.25) is 4.90 Å². The lowest BCUT2D eigenvalue weighted by molar-refractivity contribution is 0.146. The van der Waals surface area contributed by atoms with E-state index in [0.717, 1.165) is 34.8 Å². The molecule has 0 atom stereocenters. The summed E-state index contributed by atoms with van der Waals surface area (Å²) in [6.07, 6.45) is 2.57. The zero-order valence-corrected chi connectivity index (χ0v) is 13.0. The standard InChI is InChI=1S/C12H22N4S2/c1-9(2)13-11-14-16(12(17)18-11)8-15-6-4-10(3)5-7-15/h9-10H,4-8H2,1-3H3,(H,13,14). The van der Waals surface area contributed by atoms with Crippen LogP contribution in [0.5, 0.6) is 0 Å². The third-order valence-electron chi connectivity index (χ3n) is 3.23. The van der Waals surface area contributed by atoms with Gasteiger partial charge in [0.05, 0.1) is 6.67 Å². The van der Waals surface area contributed by atoms with E-state index in [2.05, 4.69) is 36.1 Å². The average Bonchev–Trinajstić information content (AvgIpc) is 2.61. The molecule has 102 valence electrons. The van der Waals surface area contributed by atoms with E-state index in [0.29, 0.717) is 6.04 Å². The Balaban J connectivity index is 1.96. The molecule has 18 heavy (non-hydrogen) atoms. The highest BCUT2D eigenvalue weighted by atomic mass is 32.1. The van der Waals surface area contributed by atoms with Crippen molar-refractivity contribution in [3.8, 4) is 0 Å². The maximum atomic E-state index is 5.37. The zero-order valence-electron chi connectivity index (χ0n) is 11.3. The van der Waals surface area contributed by atoms with Crippen LogP contribution in [0.4, 0.5) is 5.13 Å². The average molecular weight is 286 g/mol. The molecule has 1 fully saturated rings. The first kappa shape index (κ1) is 14.0. The molecule has 0 spiro atoms. The minimum absolute atomic E-state index is 0.398. The third kappa shape index (κ3) is 3.76. The normalized spacial score (nSPS) is 18.4. The largest absolute Gasteiger partial charge is 0.358 e. The number of likely N-dealkylation sites (tertiary alicyclic amines) is 1. The number of rotatable bonds is 4. The zero-order chi connectivity index (χ0) is 13.1.